The second kappa shape index (κ2) is 7.03. The summed E-state index contributed by atoms with van der Waals surface area (Å²) in [5.74, 6) is 0.750. The summed E-state index contributed by atoms with van der Waals surface area (Å²) >= 11 is 0. The molecule has 26 heavy (non-hydrogen) atoms. The highest BCUT2D eigenvalue weighted by molar-refractivity contribution is 7.95. The molecule has 0 aliphatic carbocycles. The number of sulfone groups is 1. The molecule has 0 aromatic heterocycles. The van der Waals surface area contributed by atoms with Gasteiger partial charge in [-0.3, -0.25) is 0 Å². The highest BCUT2D eigenvalue weighted by atomic mass is 32.2. The lowest BCUT2D eigenvalue weighted by Crippen LogP contribution is -2.03. The van der Waals surface area contributed by atoms with Gasteiger partial charge in [-0.2, -0.15) is 5.26 Å². The Balaban J connectivity index is 2.05. The van der Waals surface area contributed by atoms with E-state index in [0.717, 1.165) is 22.1 Å². The molecule has 0 unspecified atom stereocenters. The summed E-state index contributed by atoms with van der Waals surface area (Å²) in [6.45, 7) is 1.88. The van der Waals surface area contributed by atoms with Crippen molar-refractivity contribution in [3.63, 3.8) is 0 Å². The first kappa shape index (κ1) is 17.7. The van der Waals surface area contributed by atoms with Crippen LogP contribution in [0.15, 0.2) is 70.5 Å². The normalized spacial score (nSPS) is 12.0. The van der Waals surface area contributed by atoms with E-state index in [0.29, 0.717) is 5.56 Å². The minimum absolute atomic E-state index is 0.112. The van der Waals surface area contributed by atoms with Crippen molar-refractivity contribution < 1.29 is 13.2 Å². The maximum absolute atomic E-state index is 12.7. The molecule has 4 nitrogen and oxygen atoms in total. The Kier molecular flexibility index (Phi) is 4.79. The Morgan fingerprint density at radius 2 is 1.65 bits per heavy atom. The van der Waals surface area contributed by atoms with E-state index in [-0.39, 0.29) is 9.80 Å². The van der Waals surface area contributed by atoms with Gasteiger partial charge in [-0.05, 0) is 59.7 Å². The standard InChI is InChI=1S/C21H17NO3S/c1-15-3-9-20(10-4-15)26(23,24)21(14-22)12-16-5-6-18-13-19(25-2)8-7-17(18)11-16/h3-13H,1-2H3. The fourth-order valence-electron chi connectivity index (χ4n) is 2.62. The first-order valence-corrected chi connectivity index (χ1v) is 9.44. The van der Waals surface area contributed by atoms with Gasteiger partial charge in [0, 0.05) is 0 Å². The van der Waals surface area contributed by atoms with Crippen LogP contribution in [0.1, 0.15) is 11.1 Å². The molecule has 0 radical (unpaired) electrons. The van der Waals surface area contributed by atoms with Crippen molar-refractivity contribution in [1.82, 2.24) is 0 Å². The number of allylic oxidation sites excluding steroid dienone is 1. The van der Waals surface area contributed by atoms with Crippen LogP contribution in [0.5, 0.6) is 5.75 Å². The lowest BCUT2D eigenvalue weighted by Gasteiger charge is -2.05. The lowest BCUT2D eigenvalue weighted by atomic mass is 10.1. The zero-order chi connectivity index (χ0) is 18.7. The van der Waals surface area contributed by atoms with E-state index in [2.05, 4.69) is 0 Å². The summed E-state index contributed by atoms with van der Waals surface area (Å²) in [4.78, 5) is -0.171. The van der Waals surface area contributed by atoms with Crippen molar-refractivity contribution in [2.24, 2.45) is 0 Å². The summed E-state index contributed by atoms with van der Waals surface area (Å²) in [6.07, 6.45) is 1.40. The summed E-state index contributed by atoms with van der Waals surface area (Å²) < 4.78 is 30.6. The van der Waals surface area contributed by atoms with Crippen molar-refractivity contribution in [2.45, 2.75) is 11.8 Å². The highest BCUT2D eigenvalue weighted by Gasteiger charge is 2.20. The SMILES string of the molecule is COc1ccc2cc(C=C(C#N)S(=O)(=O)c3ccc(C)cc3)ccc2c1. The molecule has 0 saturated heterocycles. The van der Waals surface area contributed by atoms with E-state index >= 15 is 0 Å². The van der Waals surface area contributed by atoms with E-state index in [1.165, 1.54) is 18.2 Å². The summed E-state index contributed by atoms with van der Waals surface area (Å²) in [7, 11) is -2.25. The number of ether oxygens (including phenoxy) is 1. The molecule has 130 valence electrons. The van der Waals surface area contributed by atoms with Crippen LogP contribution >= 0.6 is 0 Å². The van der Waals surface area contributed by atoms with Crippen LogP contribution in [-0.4, -0.2) is 15.5 Å². The van der Waals surface area contributed by atoms with Gasteiger partial charge >= 0.3 is 0 Å². The zero-order valence-corrected chi connectivity index (χ0v) is 15.2. The van der Waals surface area contributed by atoms with Crippen LogP contribution in [0.4, 0.5) is 0 Å². The van der Waals surface area contributed by atoms with Crippen molar-refractivity contribution in [3.8, 4) is 11.8 Å². The summed E-state index contributed by atoms with van der Waals surface area (Å²) in [5, 5.41) is 11.3. The first-order valence-electron chi connectivity index (χ1n) is 7.95. The van der Waals surface area contributed by atoms with Gasteiger partial charge in [-0.1, -0.05) is 35.9 Å². The largest absolute Gasteiger partial charge is 0.497 e. The number of fused-ring (bicyclic) bond motifs is 1. The van der Waals surface area contributed by atoms with Gasteiger partial charge in [0.1, 0.15) is 16.7 Å². The van der Waals surface area contributed by atoms with E-state index in [1.54, 1.807) is 25.3 Å². The Hall–Kier alpha value is -3.10. The third kappa shape index (κ3) is 3.46. The lowest BCUT2D eigenvalue weighted by molar-refractivity contribution is 0.415. The quantitative estimate of drug-likeness (QED) is 0.640. The summed E-state index contributed by atoms with van der Waals surface area (Å²) in [6, 6.07) is 19.4. The summed E-state index contributed by atoms with van der Waals surface area (Å²) in [5.41, 5.74) is 1.60. The Morgan fingerprint density at radius 1 is 1.00 bits per heavy atom. The first-order chi connectivity index (χ1) is 12.4. The van der Waals surface area contributed by atoms with Gasteiger partial charge in [0.05, 0.1) is 12.0 Å². The second-order valence-electron chi connectivity index (χ2n) is 5.91. The van der Waals surface area contributed by atoms with Gasteiger partial charge in [0.2, 0.25) is 9.84 Å². The van der Waals surface area contributed by atoms with Gasteiger partial charge in [-0.15, -0.1) is 0 Å². The van der Waals surface area contributed by atoms with E-state index in [9.17, 15) is 13.7 Å². The number of nitriles is 1. The topological polar surface area (TPSA) is 67.2 Å². The molecule has 0 heterocycles. The zero-order valence-electron chi connectivity index (χ0n) is 14.4. The molecule has 0 fully saturated rings. The highest BCUT2D eigenvalue weighted by Crippen LogP contribution is 2.25. The molecule has 3 rings (SSSR count). The van der Waals surface area contributed by atoms with E-state index < -0.39 is 9.84 Å². The Labute approximate surface area is 152 Å². The van der Waals surface area contributed by atoms with Gasteiger partial charge in [-0.25, -0.2) is 8.42 Å². The Bertz CT molecular complexity index is 1140. The predicted molar refractivity (Wildman–Crippen MR) is 102 cm³/mol. The van der Waals surface area contributed by atoms with Crippen LogP contribution < -0.4 is 4.74 Å². The van der Waals surface area contributed by atoms with Crippen LogP contribution in [0.2, 0.25) is 0 Å². The van der Waals surface area contributed by atoms with Crippen molar-refractivity contribution in [3.05, 3.63) is 76.7 Å². The van der Waals surface area contributed by atoms with Crippen molar-refractivity contribution in [1.29, 1.82) is 5.26 Å². The molecule has 5 heteroatoms. The van der Waals surface area contributed by atoms with Crippen LogP contribution in [0.25, 0.3) is 16.8 Å². The van der Waals surface area contributed by atoms with Gasteiger partial charge < -0.3 is 4.74 Å². The molecule has 0 atom stereocenters. The smallest absolute Gasteiger partial charge is 0.216 e. The fraction of sp³-hybridized carbons (Fsp3) is 0.0952. The molecule has 0 N–H and O–H groups in total. The average Bonchev–Trinajstić information content (AvgIpc) is 2.65. The van der Waals surface area contributed by atoms with Crippen LogP contribution in [-0.2, 0) is 9.84 Å². The molecule has 0 saturated carbocycles. The number of hydrogen-bond acceptors (Lipinski definition) is 4. The molecule has 0 spiro atoms. The monoisotopic (exact) mass is 363 g/mol. The minimum atomic E-state index is -3.85. The predicted octanol–water partition coefficient (Wildman–Crippen LogP) is 4.50. The molecule has 3 aromatic rings. The fourth-order valence-corrected chi connectivity index (χ4v) is 3.78. The molecule has 3 aromatic carbocycles. The van der Waals surface area contributed by atoms with Crippen LogP contribution in [0.3, 0.4) is 0 Å². The number of aryl methyl sites for hydroxylation is 1. The molecule has 0 amide bonds. The van der Waals surface area contributed by atoms with Crippen LogP contribution in [0, 0.1) is 18.3 Å². The number of nitrogens with zero attached hydrogens (tertiary/aromatic N) is 1. The molecule has 0 bridgehead atoms. The number of benzene rings is 3. The van der Waals surface area contributed by atoms with E-state index in [1.807, 2.05) is 43.3 Å². The molecular formula is C21H17NO3S. The second-order valence-corrected chi connectivity index (χ2v) is 7.83. The third-order valence-electron chi connectivity index (χ3n) is 4.10. The number of hydrogen-bond donors (Lipinski definition) is 0. The van der Waals surface area contributed by atoms with Gasteiger partial charge in [0.15, 0.2) is 0 Å². The molecule has 0 aliphatic rings. The van der Waals surface area contributed by atoms with Crippen molar-refractivity contribution >= 4 is 26.7 Å². The molecular weight excluding hydrogens is 346 g/mol. The number of methoxy groups -OCH3 is 1. The maximum Gasteiger partial charge on any atom is 0.216 e. The van der Waals surface area contributed by atoms with E-state index in [4.69, 9.17) is 4.74 Å². The average molecular weight is 363 g/mol. The molecule has 0 aliphatic heterocycles. The minimum Gasteiger partial charge on any atom is -0.497 e. The third-order valence-corrected chi connectivity index (χ3v) is 5.78. The van der Waals surface area contributed by atoms with Crippen molar-refractivity contribution in [2.75, 3.05) is 7.11 Å². The number of rotatable bonds is 4. The van der Waals surface area contributed by atoms with Gasteiger partial charge in [0.25, 0.3) is 0 Å². The Morgan fingerprint density at radius 3 is 2.31 bits per heavy atom. The maximum atomic E-state index is 12.7.